The van der Waals surface area contributed by atoms with E-state index in [2.05, 4.69) is 10.6 Å². The summed E-state index contributed by atoms with van der Waals surface area (Å²) < 4.78 is 10.2. The van der Waals surface area contributed by atoms with Crippen LogP contribution in [-0.2, 0) is 9.59 Å². The zero-order valence-corrected chi connectivity index (χ0v) is 10.7. The summed E-state index contributed by atoms with van der Waals surface area (Å²) in [5.74, 6) is -1.77. The Balaban J connectivity index is 1.97. The molecule has 1 aliphatic heterocycles. The Hall–Kier alpha value is -2.97. The third kappa shape index (κ3) is 3.75. The Kier molecular flexibility index (Phi) is 4.12. The molecule has 112 valence electrons. The fraction of sp³-hybridized carbons (Fsp3) is 0.250. The number of hydrogen-bond donors (Lipinski definition) is 4. The number of aliphatic carboxylic acids is 2. The Labute approximate surface area is 118 Å². The average Bonchev–Trinajstić information content (AvgIpc) is 2.84. The van der Waals surface area contributed by atoms with Crippen molar-refractivity contribution in [3.8, 4) is 11.5 Å². The Morgan fingerprint density at radius 2 is 1.90 bits per heavy atom. The molecule has 1 aromatic rings. The Morgan fingerprint density at radius 1 is 1.19 bits per heavy atom. The van der Waals surface area contributed by atoms with Crippen LogP contribution >= 0.6 is 0 Å². The molecule has 1 heterocycles. The largest absolute Gasteiger partial charge is 0.481 e. The highest BCUT2D eigenvalue weighted by molar-refractivity contribution is 5.93. The maximum atomic E-state index is 11.7. The lowest BCUT2D eigenvalue weighted by Crippen LogP contribution is -2.44. The number of benzene rings is 1. The van der Waals surface area contributed by atoms with E-state index in [1.54, 1.807) is 12.1 Å². The Morgan fingerprint density at radius 3 is 2.57 bits per heavy atom. The van der Waals surface area contributed by atoms with Crippen LogP contribution in [0.5, 0.6) is 11.5 Å². The van der Waals surface area contributed by atoms with Gasteiger partial charge in [0.25, 0.3) is 0 Å². The smallest absolute Gasteiger partial charge is 0.326 e. The molecule has 9 nitrogen and oxygen atoms in total. The van der Waals surface area contributed by atoms with Gasteiger partial charge in [-0.25, -0.2) is 9.59 Å². The van der Waals surface area contributed by atoms with Crippen molar-refractivity contribution >= 4 is 23.7 Å². The normalized spacial score (nSPS) is 13.3. The van der Waals surface area contributed by atoms with E-state index < -0.39 is 30.4 Å². The van der Waals surface area contributed by atoms with Crippen molar-refractivity contribution in [3.05, 3.63) is 18.2 Å². The molecule has 0 saturated heterocycles. The summed E-state index contributed by atoms with van der Waals surface area (Å²) >= 11 is 0. The van der Waals surface area contributed by atoms with Gasteiger partial charge in [0.15, 0.2) is 11.5 Å². The number of carboxylic acids is 2. The molecule has 2 amide bonds. The molecule has 0 aliphatic carbocycles. The van der Waals surface area contributed by atoms with E-state index in [9.17, 15) is 14.4 Å². The first-order chi connectivity index (χ1) is 9.95. The summed E-state index contributed by atoms with van der Waals surface area (Å²) in [5.41, 5.74) is 0.358. The van der Waals surface area contributed by atoms with Gasteiger partial charge < -0.3 is 30.3 Å². The van der Waals surface area contributed by atoms with Crippen molar-refractivity contribution in [3.63, 3.8) is 0 Å². The van der Waals surface area contributed by atoms with Gasteiger partial charge in [-0.15, -0.1) is 0 Å². The molecule has 1 aliphatic rings. The van der Waals surface area contributed by atoms with Gasteiger partial charge in [-0.1, -0.05) is 0 Å². The minimum Gasteiger partial charge on any atom is -0.481 e. The summed E-state index contributed by atoms with van der Waals surface area (Å²) in [6.07, 6.45) is -0.718. The summed E-state index contributed by atoms with van der Waals surface area (Å²) in [5, 5.41) is 21.8. The molecule has 0 unspecified atom stereocenters. The minimum atomic E-state index is -1.52. The highest BCUT2D eigenvalue weighted by Crippen LogP contribution is 2.34. The number of fused-ring (bicyclic) bond motifs is 1. The fourth-order valence-corrected chi connectivity index (χ4v) is 1.67. The molecule has 21 heavy (non-hydrogen) atoms. The molecule has 9 heteroatoms. The van der Waals surface area contributed by atoms with Gasteiger partial charge in [-0.2, -0.15) is 0 Å². The van der Waals surface area contributed by atoms with Crippen molar-refractivity contribution in [2.24, 2.45) is 0 Å². The maximum Gasteiger partial charge on any atom is 0.326 e. The molecular formula is C12H12N2O7. The lowest BCUT2D eigenvalue weighted by atomic mass is 10.2. The number of amides is 2. The fourth-order valence-electron chi connectivity index (χ4n) is 1.67. The van der Waals surface area contributed by atoms with Crippen molar-refractivity contribution in [1.82, 2.24) is 5.32 Å². The number of rotatable bonds is 5. The summed E-state index contributed by atoms with van der Waals surface area (Å²) in [7, 11) is 0. The number of carbonyl (C=O) groups is 3. The van der Waals surface area contributed by atoms with E-state index in [-0.39, 0.29) is 6.79 Å². The monoisotopic (exact) mass is 296 g/mol. The zero-order valence-electron chi connectivity index (χ0n) is 10.7. The third-order valence-electron chi connectivity index (χ3n) is 2.61. The SMILES string of the molecule is O=C(O)C[C@H](NC(=O)Nc1ccc2c(c1)OCO2)C(=O)O. The number of carbonyl (C=O) groups excluding carboxylic acids is 1. The minimum absolute atomic E-state index is 0.0880. The second kappa shape index (κ2) is 5.99. The van der Waals surface area contributed by atoms with Crippen molar-refractivity contribution < 1.29 is 34.1 Å². The number of hydrogen-bond acceptors (Lipinski definition) is 5. The van der Waals surface area contributed by atoms with Crippen LogP contribution in [0.15, 0.2) is 18.2 Å². The van der Waals surface area contributed by atoms with Gasteiger partial charge in [0, 0.05) is 11.8 Å². The van der Waals surface area contributed by atoms with E-state index in [0.29, 0.717) is 17.2 Å². The first-order valence-electron chi connectivity index (χ1n) is 5.87. The lowest BCUT2D eigenvalue weighted by molar-refractivity contribution is -0.145. The topological polar surface area (TPSA) is 134 Å². The molecule has 0 aromatic heterocycles. The van der Waals surface area contributed by atoms with E-state index >= 15 is 0 Å². The molecule has 0 saturated carbocycles. The molecule has 2 rings (SSSR count). The quantitative estimate of drug-likeness (QED) is 0.620. The molecule has 0 spiro atoms. The van der Waals surface area contributed by atoms with E-state index in [4.69, 9.17) is 19.7 Å². The molecule has 0 radical (unpaired) electrons. The first-order valence-corrected chi connectivity index (χ1v) is 5.87. The second-order valence-electron chi connectivity index (χ2n) is 4.16. The summed E-state index contributed by atoms with van der Waals surface area (Å²) in [6, 6.07) is 2.29. The van der Waals surface area contributed by atoms with Gasteiger partial charge in [-0.05, 0) is 12.1 Å². The van der Waals surface area contributed by atoms with Crippen LogP contribution in [0.2, 0.25) is 0 Å². The van der Waals surface area contributed by atoms with E-state index in [0.717, 1.165) is 0 Å². The Bertz CT molecular complexity index is 587. The average molecular weight is 296 g/mol. The van der Waals surface area contributed by atoms with Crippen LogP contribution in [0.25, 0.3) is 0 Å². The van der Waals surface area contributed by atoms with Crippen LogP contribution in [0.3, 0.4) is 0 Å². The first kappa shape index (κ1) is 14.4. The zero-order chi connectivity index (χ0) is 15.4. The summed E-state index contributed by atoms with van der Waals surface area (Å²) in [4.78, 5) is 33.0. The van der Waals surface area contributed by atoms with E-state index in [1.807, 2.05) is 0 Å². The van der Waals surface area contributed by atoms with Crippen molar-refractivity contribution in [1.29, 1.82) is 0 Å². The van der Waals surface area contributed by atoms with Crippen molar-refractivity contribution in [2.45, 2.75) is 12.5 Å². The highest BCUT2D eigenvalue weighted by atomic mass is 16.7. The molecule has 1 aromatic carbocycles. The lowest BCUT2D eigenvalue weighted by Gasteiger charge is -2.13. The standard InChI is InChI=1S/C12H12N2O7/c15-10(16)4-7(11(17)18)14-12(19)13-6-1-2-8-9(3-6)21-5-20-8/h1-3,7H,4-5H2,(H,15,16)(H,17,18)(H2,13,14,19)/t7-/m0/s1. The second-order valence-corrected chi connectivity index (χ2v) is 4.16. The number of ether oxygens (including phenoxy) is 2. The van der Waals surface area contributed by atoms with Crippen LogP contribution < -0.4 is 20.1 Å². The predicted molar refractivity (Wildman–Crippen MR) is 68.4 cm³/mol. The third-order valence-corrected chi connectivity index (χ3v) is 2.61. The molecule has 1 atom stereocenters. The number of urea groups is 1. The number of anilines is 1. The van der Waals surface area contributed by atoms with Gasteiger partial charge in [0.2, 0.25) is 6.79 Å². The number of nitrogens with one attached hydrogen (secondary N) is 2. The van der Waals surface area contributed by atoms with Gasteiger partial charge >= 0.3 is 18.0 Å². The van der Waals surface area contributed by atoms with Gasteiger partial charge in [-0.3, -0.25) is 4.79 Å². The summed E-state index contributed by atoms with van der Waals surface area (Å²) in [6.45, 7) is 0.0880. The predicted octanol–water partition coefficient (Wildman–Crippen LogP) is 0.465. The van der Waals surface area contributed by atoms with Gasteiger partial charge in [0.05, 0.1) is 6.42 Å². The van der Waals surface area contributed by atoms with E-state index in [1.165, 1.54) is 6.07 Å². The van der Waals surface area contributed by atoms with Crippen LogP contribution in [0, 0.1) is 0 Å². The van der Waals surface area contributed by atoms with Crippen LogP contribution in [-0.4, -0.2) is 41.0 Å². The number of carboxylic acid groups (broad SMARTS) is 2. The maximum absolute atomic E-state index is 11.7. The molecule has 4 N–H and O–H groups in total. The van der Waals surface area contributed by atoms with Gasteiger partial charge in [0.1, 0.15) is 6.04 Å². The molecule has 0 bridgehead atoms. The highest BCUT2D eigenvalue weighted by Gasteiger charge is 2.23. The van der Waals surface area contributed by atoms with Crippen LogP contribution in [0.4, 0.5) is 10.5 Å². The molecule has 0 fully saturated rings. The van der Waals surface area contributed by atoms with Crippen LogP contribution in [0.1, 0.15) is 6.42 Å². The molecular weight excluding hydrogens is 284 g/mol. The van der Waals surface area contributed by atoms with Crippen molar-refractivity contribution in [2.75, 3.05) is 12.1 Å².